The molecule has 0 radical (unpaired) electrons. The number of hydrogen-bond donors (Lipinski definition) is 0. The molecular weight excluding hydrogens is 476 g/mol. The van der Waals surface area contributed by atoms with Gasteiger partial charge in [0.1, 0.15) is 0 Å². The van der Waals surface area contributed by atoms with Gasteiger partial charge in [0.15, 0.2) is 16.3 Å². The Morgan fingerprint density at radius 3 is 2.28 bits per heavy atom. The third-order valence-corrected chi connectivity index (χ3v) is 7.21. The first-order valence-corrected chi connectivity index (χ1v) is 12.3. The summed E-state index contributed by atoms with van der Waals surface area (Å²) >= 11 is 1.29. The Balaban J connectivity index is 1.92. The van der Waals surface area contributed by atoms with E-state index >= 15 is 0 Å². The molecule has 2 aromatic carbocycles. The number of esters is 1. The van der Waals surface area contributed by atoms with E-state index in [1.165, 1.54) is 24.0 Å². The summed E-state index contributed by atoms with van der Waals surface area (Å²) in [7, 11) is 4.42. The van der Waals surface area contributed by atoms with Crippen molar-refractivity contribution in [2.45, 2.75) is 39.2 Å². The third kappa shape index (κ3) is 4.60. The first-order valence-electron chi connectivity index (χ1n) is 11.5. The van der Waals surface area contributed by atoms with E-state index in [4.69, 9.17) is 14.2 Å². The summed E-state index contributed by atoms with van der Waals surface area (Å²) in [6.45, 7) is 8.24. The number of carbonyl (C=O) groups excluding carboxylic acids is 1. The fraction of sp³-hybridized carbons (Fsp3) is 0.321. The normalized spacial score (nSPS) is 15.9. The molecule has 0 N–H and O–H groups in total. The van der Waals surface area contributed by atoms with Crippen LogP contribution in [-0.4, -0.2) is 31.9 Å². The Bertz CT molecular complexity index is 1520. The first kappa shape index (κ1) is 25.4. The summed E-state index contributed by atoms with van der Waals surface area (Å²) in [4.78, 5) is 31.7. The summed E-state index contributed by atoms with van der Waals surface area (Å²) in [5.41, 5.74) is 3.44. The van der Waals surface area contributed by atoms with E-state index < -0.39 is 12.0 Å². The van der Waals surface area contributed by atoms with Crippen LogP contribution < -0.4 is 24.4 Å². The number of aromatic nitrogens is 1. The molecule has 4 rings (SSSR count). The highest BCUT2D eigenvalue weighted by molar-refractivity contribution is 7.07. The van der Waals surface area contributed by atoms with E-state index in [1.54, 1.807) is 37.8 Å². The number of allylic oxidation sites excluding steroid dienone is 1. The van der Waals surface area contributed by atoms with Crippen LogP contribution in [0.4, 0.5) is 0 Å². The lowest BCUT2D eigenvalue weighted by Crippen LogP contribution is -2.39. The minimum atomic E-state index is -0.723. The molecule has 0 bridgehead atoms. The fourth-order valence-corrected chi connectivity index (χ4v) is 5.31. The van der Waals surface area contributed by atoms with Gasteiger partial charge in [-0.3, -0.25) is 9.36 Å². The molecule has 0 spiro atoms. The SMILES string of the molecule is COC(=O)C1=C(C)N=c2s/c(=C\c3ccc(C(C)(C)C)cc3)c(=O)n2[C@H]1c1ccc(OC)c(OC)c1. The molecule has 36 heavy (non-hydrogen) atoms. The van der Waals surface area contributed by atoms with E-state index in [1.807, 2.05) is 24.3 Å². The van der Waals surface area contributed by atoms with E-state index in [0.29, 0.717) is 37.7 Å². The minimum absolute atomic E-state index is 0.0408. The van der Waals surface area contributed by atoms with Crippen molar-refractivity contribution in [2.75, 3.05) is 21.3 Å². The van der Waals surface area contributed by atoms with Gasteiger partial charge in [0.2, 0.25) is 0 Å². The van der Waals surface area contributed by atoms with Gasteiger partial charge in [-0.05, 0) is 47.2 Å². The Morgan fingerprint density at radius 2 is 1.69 bits per heavy atom. The van der Waals surface area contributed by atoms with Gasteiger partial charge in [0.05, 0.1) is 43.2 Å². The molecule has 1 aromatic heterocycles. The first-order chi connectivity index (χ1) is 17.1. The van der Waals surface area contributed by atoms with Crippen molar-refractivity contribution in [1.29, 1.82) is 0 Å². The highest BCUT2D eigenvalue weighted by Gasteiger charge is 2.33. The number of rotatable bonds is 5. The van der Waals surface area contributed by atoms with Gasteiger partial charge in [-0.1, -0.05) is 62.4 Å². The molecule has 0 saturated heterocycles. The van der Waals surface area contributed by atoms with Gasteiger partial charge < -0.3 is 14.2 Å². The number of nitrogens with zero attached hydrogens (tertiary/aromatic N) is 2. The molecule has 8 heteroatoms. The summed E-state index contributed by atoms with van der Waals surface area (Å²) in [5.74, 6) is 0.505. The van der Waals surface area contributed by atoms with Crippen molar-refractivity contribution < 1.29 is 19.0 Å². The monoisotopic (exact) mass is 506 g/mol. The minimum Gasteiger partial charge on any atom is -0.493 e. The van der Waals surface area contributed by atoms with Crippen LogP contribution in [0.2, 0.25) is 0 Å². The molecule has 0 unspecified atom stereocenters. The molecule has 1 aliphatic heterocycles. The van der Waals surface area contributed by atoms with Gasteiger partial charge in [-0.15, -0.1) is 0 Å². The lowest BCUT2D eigenvalue weighted by atomic mass is 9.87. The maximum atomic E-state index is 13.7. The van der Waals surface area contributed by atoms with E-state index in [-0.39, 0.29) is 11.0 Å². The second kappa shape index (κ2) is 9.78. The van der Waals surface area contributed by atoms with Crippen LogP contribution in [0.25, 0.3) is 6.08 Å². The predicted octanol–water partition coefficient (Wildman–Crippen LogP) is 3.72. The molecule has 7 nitrogen and oxygen atoms in total. The zero-order valence-electron chi connectivity index (χ0n) is 21.5. The maximum Gasteiger partial charge on any atom is 0.338 e. The number of ether oxygens (including phenoxy) is 3. The smallest absolute Gasteiger partial charge is 0.338 e. The summed E-state index contributed by atoms with van der Waals surface area (Å²) in [5, 5.41) is 0. The van der Waals surface area contributed by atoms with Crippen LogP contribution in [0.5, 0.6) is 11.5 Å². The molecule has 0 fully saturated rings. The van der Waals surface area contributed by atoms with Gasteiger partial charge in [0, 0.05) is 0 Å². The average Bonchev–Trinajstić information content (AvgIpc) is 3.16. The van der Waals surface area contributed by atoms with E-state index in [0.717, 1.165) is 5.56 Å². The van der Waals surface area contributed by atoms with Gasteiger partial charge in [0.25, 0.3) is 5.56 Å². The van der Waals surface area contributed by atoms with Crippen LogP contribution in [0.3, 0.4) is 0 Å². The van der Waals surface area contributed by atoms with Crippen molar-refractivity contribution in [1.82, 2.24) is 4.57 Å². The molecule has 0 saturated carbocycles. The zero-order chi connectivity index (χ0) is 26.2. The Hall–Kier alpha value is -3.65. The highest BCUT2D eigenvalue weighted by Crippen LogP contribution is 2.36. The van der Waals surface area contributed by atoms with Crippen molar-refractivity contribution in [2.24, 2.45) is 4.99 Å². The molecule has 0 amide bonds. The summed E-state index contributed by atoms with van der Waals surface area (Å²) < 4.78 is 18.0. The number of carbonyl (C=O) groups is 1. The number of fused-ring (bicyclic) bond motifs is 1. The van der Waals surface area contributed by atoms with Crippen LogP contribution >= 0.6 is 11.3 Å². The lowest BCUT2D eigenvalue weighted by molar-refractivity contribution is -0.136. The van der Waals surface area contributed by atoms with E-state index in [9.17, 15) is 9.59 Å². The molecule has 2 heterocycles. The van der Waals surface area contributed by atoms with Gasteiger partial charge in [-0.2, -0.15) is 0 Å². The molecule has 1 aliphatic rings. The predicted molar refractivity (Wildman–Crippen MR) is 140 cm³/mol. The number of methoxy groups -OCH3 is 3. The molecule has 188 valence electrons. The zero-order valence-corrected chi connectivity index (χ0v) is 22.4. The van der Waals surface area contributed by atoms with Crippen molar-refractivity contribution in [3.63, 3.8) is 0 Å². The Labute approximate surface area is 214 Å². The van der Waals surface area contributed by atoms with Crippen molar-refractivity contribution in [3.8, 4) is 11.5 Å². The molecule has 3 aromatic rings. The largest absolute Gasteiger partial charge is 0.493 e. The van der Waals surface area contributed by atoms with Crippen LogP contribution in [0.15, 0.2) is 63.5 Å². The second-order valence-electron chi connectivity index (χ2n) is 9.56. The Morgan fingerprint density at radius 1 is 1.03 bits per heavy atom. The van der Waals surface area contributed by atoms with Crippen molar-refractivity contribution >= 4 is 23.4 Å². The van der Waals surface area contributed by atoms with Gasteiger partial charge >= 0.3 is 5.97 Å². The molecule has 0 aliphatic carbocycles. The number of thiazole rings is 1. The van der Waals surface area contributed by atoms with Gasteiger partial charge in [-0.25, -0.2) is 9.79 Å². The van der Waals surface area contributed by atoms with Crippen LogP contribution in [0, 0.1) is 0 Å². The van der Waals surface area contributed by atoms with Crippen LogP contribution in [-0.2, 0) is 14.9 Å². The topological polar surface area (TPSA) is 79.1 Å². The number of hydrogen-bond acceptors (Lipinski definition) is 7. The fourth-order valence-electron chi connectivity index (χ4n) is 4.26. The van der Waals surface area contributed by atoms with Crippen molar-refractivity contribution in [3.05, 3.63) is 90.1 Å². The van der Waals surface area contributed by atoms with Crippen LogP contribution in [0.1, 0.15) is 50.4 Å². The standard InChI is InChI=1S/C28H30N2O5S/c1-16-23(26(32)35-7)24(18-10-13-20(33-5)21(15-18)34-6)30-25(31)22(36-27(30)29-16)14-17-8-11-19(12-9-17)28(2,3)4/h8-15,24H,1-7H3/b22-14-/t24-/m0/s1. The second-order valence-corrected chi connectivity index (χ2v) is 10.6. The summed E-state index contributed by atoms with van der Waals surface area (Å²) in [6, 6.07) is 12.8. The maximum absolute atomic E-state index is 13.7. The third-order valence-electron chi connectivity index (χ3n) is 6.22. The summed E-state index contributed by atoms with van der Waals surface area (Å²) in [6.07, 6.45) is 1.86. The lowest BCUT2D eigenvalue weighted by Gasteiger charge is -2.25. The number of benzene rings is 2. The molecular formula is C28H30N2O5S. The highest BCUT2D eigenvalue weighted by atomic mass is 32.1. The Kier molecular flexibility index (Phi) is 6.91. The quantitative estimate of drug-likeness (QED) is 0.493. The van der Waals surface area contributed by atoms with E-state index in [2.05, 4.69) is 37.9 Å². The average molecular weight is 507 g/mol. The molecule has 1 atom stereocenters.